The van der Waals surface area contributed by atoms with Gasteiger partial charge in [0.1, 0.15) is 22.7 Å². The summed E-state index contributed by atoms with van der Waals surface area (Å²) in [5, 5.41) is 4.05. The molecule has 4 rings (SSSR count). The molecule has 1 N–H and O–H groups in total. The van der Waals surface area contributed by atoms with E-state index in [1.165, 1.54) is 0 Å². The van der Waals surface area contributed by atoms with Gasteiger partial charge in [0.2, 0.25) is 5.91 Å². The maximum atomic E-state index is 13.7. The van der Waals surface area contributed by atoms with E-state index in [0.29, 0.717) is 42.8 Å². The molecule has 8 heteroatoms. The Morgan fingerprint density at radius 2 is 1.79 bits per heavy atom. The van der Waals surface area contributed by atoms with Gasteiger partial charge in [0.15, 0.2) is 0 Å². The van der Waals surface area contributed by atoms with Crippen LogP contribution in [0.15, 0.2) is 18.2 Å². The Bertz CT molecular complexity index is 1040. The Labute approximate surface area is 195 Å². The number of benzene rings is 1. The quantitative estimate of drug-likeness (QED) is 0.690. The Balaban J connectivity index is 1.76. The van der Waals surface area contributed by atoms with Crippen LogP contribution < -0.4 is 14.8 Å². The molecular formula is C25H35N3O5. The van der Waals surface area contributed by atoms with Crippen LogP contribution in [0.3, 0.4) is 0 Å². The largest absolute Gasteiger partial charge is 0.496 e. The van der Waals surface area contributed by atoms with Gasteiger partial charge in [-0.25, -0.2) is 0 Å². The molecule has 1 aromatic carbocycles. The Hall–Kier alpha value is -2.74. The van der Waals surface area contributed by atoms with Crippen molar-refractivity contribution < 1.29 is 23.8 Å². The summed E-state index contributed by atoms with van der Waals surface area (Å²) < 4.78 is 18.3. The number of nitrogens with zero attached hydrogens (tertiary/aromatic N) is 2. The number of rotatable bonds is 7. The summed E-state index contributed by atoms with van der Waals surface area (Å²) in [5.74, 6) is 1.67. The van der Waals surface area contributed by atoms with Gasteiger partial charge in [0.25, 0.3) is 5.91 Å². The van der Waals surface area contributed by atoms with Gasteiger partial charge in [0, 0.05) is 25.1 Å². The zero-order chi connectivity index (χ0) is 23.8. The van der Waals surface area contributed by atoms with Crippen LogP contribution in [0.1, 0.15) is 50.0 Å². The van der Waals surface area contributed by atoms with Crippen molar-refractivity contribution in [3.05, 3.63) is 23.9 Å². The van der Waals surface area contributed by atoms with Crippen molar-refractivity contribution in [2.24, 2.45) is 5.92 Å². The lowest BCUT2D eigenvalue weighted by molar-refractivity contribution is -0.134. The van der Waals surface area contributed by atoms with Gasteiger partial charge in [0.05, 0.1) is 32.9 Å². The smallest absolute Gasteiger partial charge is 0.271 e. The molecule has 2 amide bonds. The summed E-state index contributed by atoms with van der Waals surface area (Å²) in [6.45, 7) is 5.10. The summed E-state index contributed by atoms with van der Waals surface area (Å²) in [7, 11) is 4.81. The molecule has 1 aliphatic heterocycles. The topological polar surface area (TPSA) is 82.0 Å². The number of amides is 2. The molecule has 1 aromatic heterocycles. The molecule has 33 heavy (non-hydrogen) atoms. The van der Waals surface area contributed by atoms with Gasteiger partial charge in [-0.2, -0.15) is 0 Å². The van der Waals surface area contributed by atoms with Crippen LogP contribution in [0.2, 0.25) is 0 Å². The number of fused-ring (bicyclic) bond motifs is 3. The van der Waals surface area contributed by atoms with Crippen LogP contribution in [-0.4, -0.2) is 67.3 Å². The van der Waals surface area contributed by atoms with E-state index in [4.69, 9.17) is 14.2 Å². The van der Waals surface area contributed by atoms with E-state index in [0.717, 1.165) is 36.6 Å². The third-order valence-electron chi connectivity index (χ3n) is 7.31. The number of nitrogens with one attached hydrogen (secondary N) is 1. The number of hydrogen-bond acceptors (Lipinski definition) is 5. The average molecular weight is 458 g/mol. The fourth-order valence-corrected chi connectivity index (χ4v) is 5.23. The van der Waals surface area contributed by atoms with Crippen molar-refractivity contribution >= 4 is 22.7 Å². The van der Waals surface area contributed by atoms with Gasteiger partial charge < -0.3 is 29.0 Å². The SMILES string of the molecule is COCCN1C(=O)c2cc3c(OC)ccc(OC)c3n2C[C@@]1(C)C(=O)NC1CCC(C)CC1. The van der Waals surface area contributed by atoms with Crippen molar-refractivity contribution in [2.75, 3.05) is 34.5 Å². The molecule has 0 saturated heterocycles. The Morgan fingerprint density at radius 3 is 2.42 bits per heavy atom. The summed E-state index contributed by atoms with van der Waals surface area (Å²) >= 11 is 0. The summed E-state index contributed by atoms with van der Waals surface area (Å²) in [4.78, 5) is 29.1. The predicted octanol–water partition coefficient (Wildman–Crippen LogP) is 3.21. The monoisotopic (exact) mass is 457 g/mol. The number of hydrogen-bond donors (Lipinski definition) is 1. The molecule has 2 aromatic rings. The molecule has 0 radical (unpaired) electrons. The van der Waals surface area contributed by atoms with Gasteiger partial charge in [-0.1, -0.05) is 6.92 Å². The van der Waals surface area contributed by atoms with Crippen molar-refractivity contribution in [1.29, 1.82) is 0 Å². The minimum atomic E-state index is -1.06. The molecule has 1 aliphatic carbocycles. The standard InChI is InChI=1S/C25H35N3O5/c1-16-6-8-17(9-7-16)26-24(30)25(2)15-27-19(23(29)28(25)12-13-31-3)14-18-20(32-4)10-11-21(33-5)22(18)27/h10-11,14,16-17H,6-9,12-13,15H2,1-5H3,(H,26,30)/t16?,17?,25-/m0/s1. The van der Waals surface area contributed by atoms with E-state index in [-0.39, 0.29) is 17.9 Å². The Kier molecular flexibility index (Phi) is 6.56. The number of methoxy groups -OCH3 is 3. The van der Waals surface area contributed by atoms with Crippen LogP contribution in [-0.2, 0) is 16.1 Å². The highest BCUT2D eigenvalue weighted by molar-refractivity contribution is 6.05. The number of ether oxygens (including phenoxy) is 3. The van der Waals surface area contributed by atoms with Crippen LogP contribution in [0.25, 0.3) is 10.9 Å². The van der Waals surface area contributed by atoms with Gasteiger partial charge in [-0.15, -0.1) is 0 Å². The Morgan fingerprint density at radius 1 is 1.12 bits per heavy atom. The van der Waals surface area contributed by atoms with Gasteiger partial charge >= 0.3 is 0 Å². The summed E-state index contributed by atoms with van der Waals surface area (Å²) in [6.07, 6.45) is 4.16. The summed E-state index contributed by atoms with van der Waals surface area (Å²) in [5.41, 5.74) is 0.212. The molecule has 0 unspecified atom stereocenters. The van der Waals surface area contributed by atoms with Crippen molar-refractivity contribution in [1.82, 2.24) is 14.8 Å². The summed E-state index contributed by atoms with van der Waals surface area (Å²) in [6, 6.07) is 5.63. The lowest BCUT2D eigenvalue weighted by atomic mass is 9.86. The molecule has 2 aliphatic rings. The maximum absolute atomic E-state index is 13.7. The van der Waals surface area contributed by atoms with Crippen LogP contribution in [0.4, 0.5) is 0 Å². The zero-order valence-electron chi connectivity index (χ0n) is 20.3. The first-order valence-corrected chi connectivity index (χ1v) is 11.7. The highest BCUT2D eigenvalue weighted by Gasteiger charge is 2.48. The second-order valence-corrected chi connectivity index (χ2v) is 9.50. The van der Waals surface area contributed by atoms with Crippen molar-refractivity contribution in [3.63, 3.8) is 0 Å². The number of aromatic nitrogens is 1. The molecule has 1 atom stereocenters. The molecule has 0 bridgehead atoms. The van der Waals surface area contributed by atoms with Crippen molar-refractivity contribution in [2.45, 2.75) is 57.7 Å². The number of carbonyl (C=O) groups excluding carboxylic acids is 2. The van der Waals surface area contributed by atoms with E-state index in [2.05, 4.69) is 12.2 Å². The first kappa shape index (κ1) is 23.4. The van der Waals surface area contributed by atoms with E-state index >= 15 is 0 Å². The van der Waals surface area contributed by atoms with Crippen molar-refractivity contribution in [3.8, 4) is 11.5 Å². The van der Waals surface area contributed by atoms with E-state index < -0.39 is 5.54 Å². The second-order valence-electron chi connectivity index (χ2n) is 9.50. The van der Waals surface area contributed by atoms with E-state index in [1.807, 2.05) is 29.7 Å². The normalized spacial score (nSPS) is 25.1. The second kappa shape index (κ2) is 9.25. The van der Waals surface area contributed by atoms with Gasteiger partial charge in [-0.3, -0.25) is 9.59 Å². The molecular weight excluding hydrogens is 422 g/mol. The highest BCUT2D eigenvalue weighted by Crippen LogP contribution is 2.40. The lowest BCUT2D eigenvalue weighted by Crippen LogP contribution is -2.65. The minimum Gasteiger partial charge on any atom is -0.496 e. The fraction of sp³-hybridized carbons (Fsp3) is 0.600. The highest BCUT2D eigenvalue weighted by atomic mass is 16.5. The van der Waals surface area contributed by atoms with E-state index in [9.17, 15) is 9.59 Å². The molecule has 180 valence electrons. The average Bonchev–Trinajstić information content (AvgIpc) is 3.19. The van der Waals surface area contributed by atoms with Gasteiger partial charge in [-0.05, 0) is 56.7 Å². The predicted molar refractivity (Wildman–Crippen MR) is 126 cm³/mol. The lowest BCUT2D eigenvalue weighted by Gasteiger charge is -2.45. The first-order valence-electron chi connectivity index (χ1n) is 11.7. The zero-order valence-corrected chi connectivity index (χ0v) is 20.3. The van der Waals surface area contributed by atoms with E-state index in [1.54, 1.807) is 26.2 Å². The first-order chi connectivity index (χ1) is 15.8. The molecule has 1 saturated carbocycles. The van der Waals surface area contributed by atoms with Crippen LogP contribution >= 0.6 is 0 Å². The van der Waals surface area contributed by atoms with Crippen LogP contribution in [0.5, 0.6) is 11.5 Å². The van der Waals surface area contributed by atoms with Crippen LogP contribution in [0, 0.1) is 5.92 Å². The molecule has 2 heterocycles. The minimum absolute atomic E-state index is 0.124. The molecule has 0 spiro atoms. The number of carbonyl (C=O) groups is 2. The molecule has 8 nitrogen and oxygen atoms in total. The third-order valence-corrected chi connectivity index (χ3v) is 7.31. The molecule has 1 fully saturated rings. The third kappa shape index (κ3) is 4.05. The maximum Gasteiger partial charge on any atom is 0.271 e. The fourth-order valence-electron chi connectivity index (χ4n) is 5.23.